The molecule has 0 amide bonds. The molecule has 0 N–H and O–H groups in total. The first-order valence-electron chi connectivity index (χ1n) is 5.34. The van der Waals surface area contributed by atoms with Gasteiger partial charge < -0.3 is 18.5 Å². The number of halogens is 1. The molecule has 0 aliphatic carbocycles. The third-order valence-corrected chi connectivity index (χ3v) is 4.78. The fourth-order valence-electron chi connectivity index (χ4n) is 1.40. The summed E-state index contributed by atoms with van der Waals surface area (Å²) in [5.74, 6) is 0. The van der Waals surface area contributed by atoms with Crippen molar-refractivity contribution < 1.29 is 23.1 Å². The molecule has 1 aliphatic heterocycles. The van der Waals surface area contributed by atoms with Crippen LogP contribution in [0.5, 0.6) is 0 Å². The van der Waals surface area contributed by atoms with E-state index < -0.39 is 13.9 Å². The van der Waals surface area contributed by atoms with E-state index in [1.54, 1.807) is 13.8 Å². The van der Waals surface area contributed by atoms with Crippen LogP contribution in [0.4, 0.5) is 0 Å². The number of ether oxygens (including phenoxy) is 2. The van der Waals surface area contributed by atoms with Crippen molar-refractivity contribution in [2.45, 2.75) is 26.2 Å². The Balaban J connectivity index is 2.46. The summed E-state index contributed by atoms with van der Waals surface area (Å²) >= 11 is 3.31. The van der Waals surface area contributed by atoms with Crippen LogP contribution in [0.2, 0.25) is 0 Å². The Labute approximate surface area is 104 Å². The van der Waals surface area contributed by atoms with Gasteiger partial charge in [0.05, 0.1) is 25.9 Å². The zero-order valence-corrected chi connectivity index (χ0v) is 12.0. The van der Waals surface area contributed by atoms with Crippen LogP contribution < -0.4 is 0 Å². The van der Waals surface area contributed by atoms with Crippen LogP contribution in [0.3, 0.4) is 0 Å². The predicted octanol–water partition coefficient (Wildman–Crippen LogP) is 2.39. The lowest BCUT2D eigenvalue weighted by Crippen LogP contribution is -2.18. The lowest BCUT2D eigenvalue weighted by atomic mass is 10.5. The van der Waals surface area contributed by atoms with E-state index in [9.17, 15) is 4.57 Å². The average molecular weight is 317 g/mol. The van der Waals surface area contributed by atoms with Gasteiger partial charge in [0.15, 0.2) is 6.29 Å². The lowest BCUT2D eigenvalue weighted by Gasteiger charge is -2.19. The van der Waals surface area contributed by atoms with Crippen LogP contribution >= 0.6 is 23.5 Å². The zero-order chi connectivity index (χ0) is 12.0. The number of rotatable bonds is 7. The topological polar surface area (TPSA) is 54.0 Å². The van der Waals surface area contributed by atoms with Crippen LogP contribution in [-0.4, -0.2) is 43.7 Å². The molecule has 1 rings (SSSR count). The molecule has 96 valence electrons. The molecule has 1 saturated heterocycles. The van der Waals surface area contributed by atoms with Gasteiger partial charge in [-0.05, 0) is 13.8 Å². The molecule has 0 unspecified atom stereocenters. The molecular formula is C9H18BrO5P. The van der Waals surface area contributed by atoms with E-state index in [-0.39, 0.29) is 12.3 Å². The van der Waals surface area contributed by atoms with Gasteiger partial charge in [-0.25, -0.2) is 0 Å². The largest absolute Gasteiger partial charge is 0.349 e. The summed E-state index contributed by atoms with van der Waals surface area (Å²) in [6, 6.07) is 0. The van der Waals surface area contributed by atoms with Crippen molar-refractivity contribution in [3.8, 4) is 0 Å². The van der Waals surface area contributed by atoms with Crippen molar-refractivity contribution in [2.75, 3.05) is 31.3 Å². The van der Waals surface area contributed by atoms with Crippen LogP contribution in [0.15, 0.2) is 0 Å². The number of hydrogen-bond donors (Lipinski definition) is 0. The fraction of sp³-hybridized carbons (Fsp3) is 1.00. The maximum Gasteiger partial charge on any atom is 0.335 e. The second kappa shape index (κ2) is 7.09. The highest BCUT2D eigenvalue weighted by Gasteiger charge is 2.34. The molecule has 7 heteroatoms. The predicted molar refractivity (Wildman–Crippen MR) is 64.1 cm³/mol. The Morgan fingerprint density at radius 2 is 2.00 bits per heavy atom. The van der Waals surface area contributed by atoms with E-state index >= 15 is 0 Å². The van der Waals surface area contributed by atoms with Gasteiger partial charge in [-0.1, -0.05) is 15.9 Å². The maximum atomic E-state index is 12.1. The molecule has 0 radical (unpaired) electrons. The molecule has 5 nitrogen and oxygen atoms in total. The summed E-state index contributed by atoms with van der Waals surface area (Å²) in [6.07, 6.45) is -0.328. The Kier molecular flexibility index (Phi) is 6.47. The molecule has 0 aromatic rings. The minimum Gasteiger partial charge on any atom is -0.349 e. The van der Waals surface area contributed by atoms with Crippen LogP contribution in [0.1, 0.15) is 13.8 Å². The first-order valence-corrected chi connectivity index (χ1v) is 8.19. The van der Waals surface area contributed by atoms with Crippen molar-refractivity contribution in [1.29, 1.82) is 0 Å². The average Bonchev–Trinajstić information content (AvgIpc) is 2.65. The third kappa shape index (κ3) is 4.43. The number of hydrogen-bond acceptors (Lipinski definition) is 5. The van der Waals surface area contributed by atoms with Gasteiger partial charge in [-0.15, -0.1) is 0 Å². The Morgan fingerprint density at radius 1 is 1.38 bits per heavy atom. The number of alkyl halides is 1. The molecule has 0 aromatic heterocycles. The molecule has 0 bridgehead atoms. The molecule has 1 fully saturated rings. The summed E-state index contributed by atoms with van der Waals surface area (Å²) < 4.78 is 33.3. The van der Waals surface area contributed by atoms with Crippen molar-refractivity contribution in [1.82, 2.24) is 0 Å². The minimum absolute atomic E-state index is 0.0155. The van der Waals surface area contributed by atoms with E-state index in [4.69, 9.17) is 18.5 Å². The van der Waals surface area contributed by atoms with Gasteiger partial charge in [-0.2, -0.15) is 0 Å². The fourth-order valence-corrected chi connectivity index (χ4v) is 3.37. The highest BCUT2D eigenvalue weighted by atomic mass is 79.9. The second-order valence-electron chi connectivity index (χ2n) is 3.30. The third-order valence-electron chi connectivity index (χ3n) is 2.01. The molecule has 0 spiro atoms. The summed E-state index contributed by atoms with van der Waals surface area (Å²) in [7, 11) is -3.07. The normalized spacial score (nSPS) is 26.2. The SMILES string of the molecule is CCOP(=O)(C[C@H]1OC[C@@H](CBr)O1)OCC. The summed E-state index contributed by atoms with van der Waals surface area (Å²) in [4.78, 5) is 0. The highest BCUT2D eigenvalue weighted by Crippen LogP contribution is 2.49. The van der Waals surface area contributed by atoms with Gasteiger partial charge in [-0.3, -0.25) is 4.57 Å². The molecule has 1 heterocycles. The molecule has 16 heavy (non-hydrogen) atoms. The van der Waals surface area contributed by atoms with Gasteiger partial charge >= 0.3 is 7.60 Å². The Bertz CT molecular complexity index is 240. The first-order chi connectivity index (χ1) is 7.63. The van der Waals surface area contributed by atoms with Crippen LogP contribution in [-0.2, 0) is 23.1 Å². The van der Waals surface area contributed by atoms with Gasteiger partial charge in [0.25, 0.3) is 0 Å². The molecular weight excluding hydrogens is 299 g/mol. The smallest absolute Gasteiger partial charge is 0.335 e. The van der Waals surface area contributed by atoms with Gasteiger partial charge in [0, 0.05) is 5.33 Å². The molecule has 0 saturated carbocycles. The first kappa shape index (κ1) is 14.6. The van der Waals surface area contributed by atoms with E-state index in [1.807, 2.05) is 0 Å². The van der Waals surface area contributed by atoms with Gasteiger partial charge in [0.1, 0.15) is 6.16 Å². The lowest BCUT2D eigenvalue weighted by molar-refractivity contribution is -0.0393. The van der Waals surface area contributed by atoms with E-state index in [0.717, 1.165) is 0 Å². The molecule has 2 atom stereocenters. The standard InChI is InChI=1S/C9H18BrO5P/c1-3-13-16(11,14-4-2)7-9-12-6-8(5-10)15-9/h8-9H,3-7H2,1-2H3/t8-,9+/m1/s1. The highest BCUT2D eigenvalue weighted by molar-refractivity contribution is 9.09. The quantitative estimate of drug-likeness (QED) is 0.533. The second-order valence-corrected chi connectivity index (χ2v) is 6.06. The van der Waals surface area contributed by atoms with Crippen molar-refractivity contribution in [3.05, 3.63) is 0 Å². The molecule has 0 aromatic carbocycles. The Hall–Kier alpha value is 0.550. The Morgan fingerprint density at radius 3 is 2.44 bits per heavy atom. The van der Waals surface area contributed by atoms with Crippen molar-refractivity contribution in [3.63, 3.8) is 0 Å². The minimum atomic E-state index is -3.07. The van der Waals surface area contributed by atoms with Crippen molar-refractivity contribution in [2.24, 2.45) is 0 Å². The van der Waals surface area contributed by atoms with E-state index in [2.05, 4.69) is 15.9 Å². The van der Waals surface area contributed by atoms with Crippen LogP contribution in [0, 0.1) is 0 Å². The zero-order valence-electron chi connectivity index (χ0n) is 9.56. The maximum absolute atomic E-state index is 12.1. The summed E-state index contributed by atoms with van der Waals surface area (Å²) in [6.45, 7) is 4.78. The monoisotopic (exact) mass is 316 g/mol. The molecule has 1 aliphatic rings. The summed E-state index contributed by atoms with van der Waals surface area (Å²) in [5, 5.41) is 0.705. The van der Waals surface area contributed by atoms with E-state index in [1.165, 1.54) is 0 Å². The van der Waals surface area contributed by atoms with Crippen LogP contribution in [0.25, 0.3) is 0 Å². The summed E-state index contributed by atoms with van der Waals surface area (Å²) in [5.41, 5.74) is 0. The van der Waals surface area contributed by atoms with E-state index in [0.29, 0.717) is 25.2 Å². The van der Waals surface area contributed by atoms with Gasteiger partial charge in [0.2, 0.25) is 0 Å². The van der Waals surface area contributed by atoms with Crippen molar-refractivity contribution >= 4 is 23.5 Å².